The molecule has 0 saturated carbocycles. The highest BCUT2D eigenvalue weighted by Crippen LogP contribution is 2.30. The highest BCUT2D eigenvalue weighted by molar-refractivity contribution is 14.0. The lowest BCUT2D eigenvalue weighted by atomic mass is 10.2. The van der Waals surface area contributed by atoms with E-state index < -0.39 is 0 Å². The Morgan fingerprint density at radius 1 is 0.846 bits per heavy atom. The van der Waals surface area contributed by atoms with Gasteiger partial charge in [-0.25, -0.2) is 4.99 Å². The Hall–Kier alpha value is -2.36. The van der Waals surface area contributed by atoms with Crippen LogP contribution in [0.5, 0.6) is 23.0 Å². The topological polar surface area (TPSA) is 87.3 Å². The number of nitrogens with one attached hydrogen (secondary N) is 1. The monoisotopic (exact) mass is 473 g/mol. The lowest BCUT2D eigenvalue weighted by molar-refractivity contribution is 0.354. The molecule has 0 amide bonds. The van der Waals surface area contributed by atoms with Gasteiger partial charge in [-0.3, -0.25) is 0 Å². The normalized spacial score (nSPS) is 10.5. The maximum absolute atomic E-state index is 5.95. The molecule has 26 heavy (non-hydrogen) atoms. The second kappa shape index (κ2) is 10.6. The summed E-state index contributed by atoms with van der Waals surface area (Å²) in [5, 5.41) is 3.03. The number of anilines is 1. The SMILES string of the molecule is COc1ccc(CN=C(N)Nc2ccc(OC)c(OC)c2)cc1OC.I. The van der Waals surface area contributed by atoms with Crippen molar-refractivity contribution in [2.45, 2.75) is 6.54 Å². The van der Waals surface area contributed by atoms with Crippen LogP contribution < -0.4 is 30.0 Å². The third kappa shape index (κ3) is 5.58. The molecule has 0 bridgehead atoms. The van der Waals surface area contributed by atoms with Crippen molar-refractivity contribution in [1.82, 2.24) is 0 Å². The molecule has 3 N–H and O–H groups in total. The summed E-state index contributed by atoms with van der Waals surface area (Å²) in [5.41, 5.74) is 7.66. The molecule has 0 spiro atoms. The van der Waals surface area contributed by atoms with E-state index in [9.17, 15) is 0 Å². The largest absolute Gasteiger partial charge is 0.493 e. The van der Waals surface area contributed by atoms with Gasteiger partial charge in [-0.2, -0.15) is 0 Å². The van der Waals surface area contributed by atoms with Crippen LogP contribution in [0.15, 0.2) is 41.4 Å². The van der Waals surface area contributed by atoms with Gasteiger partial charge in [0.15, 0.2) is 29.0 Å². The number of hydrogen-bond donors (Lipinski definition) is 2. The molecule has 2 aromatic carbocycles. The third-order valence-electron chi connectivity index (χ3n) is 3.54. The molecule has 0 atom stereocenters. The molecule has 0 saturated heterocycles. The Bertz CT molecular complexity index is 753. The van der Waals surface area contributed by atoms with Crippen LogP contribution in [0.25, 0.3) is 0 Å². The predicted octanol–water partition coefficient (Wildman–Crippen LogP) is 3.27. The average Bonchev–Trinajstić information content (AvgIpc) is 2.65. The standard InChI is InChI=1S/C18H23N3O4.HI/c1-22-14-7-5-12(9-16(14)24-3)11-20-18(19)21-13-6-8-15(23-2)17(10-13)25-4;/h5-10H,11H2,1-4H3,(H3,19,20,21);1H. The maximum atomic E-state index is 5.95. The molecule has 0 fully saturated rings. The molecule has 7 nitrogen and oxygen atoms in total. The predicted molar refractivity (Wildman–Crippen MR) is 113 cm³/mol. The molecular weight excluding hydrogens is 449 g/mol. The van der Waals surface area contributed by atoms with Crippen molar-refractivity contribution in [3.63, 3.8) is 0 Å². The number of guanidine groups is 1. The molecule has 0 aliphatic carbocycles. The van der Waals surface area contributed by atoms with E-state index in [2.05, 4.69) is 10.3 Å². The molecular formula is C18H24IN3O4. The summed E-state index contributed by atoms with van der Waals surface area (Å²) in [5.74, 6) is 2.88. The molecule has 2 aromatic rings. The van der Waals surface area contributed by atoms with E-state index in [1.54, 1.807) is 40.6 Å². The summed E-state index contributed by atoms with van der Waals surface area (Å²) in [7, 11) is 6.36. The van der Waals surface area contributed by atoms with Crippen LogP contribution >= 0.6 is 24.0 Å². The van der Waals surface area contributed by atoms with E-state index in [1.165, 1.54) is 0 Å². The summed E-state index contributed by atoms with van der Waals surface area (Å²) >= 11 is 0. The molecule has 0 aliphatic heterocycles. The number of hydrogen-bond acceptors (Lipinski definition) is 5. The summed E-state index contributed by atoms with van der Waals surface area (Å²) in [6.07, 6.45) is 0. The van der Waals surface area contributed by atoms with Gasteiger partial charge in [0.05, 0.1) is 35.0 Å². The minimum atomic E-state index is 0. The number of ether oxygens (including phenoxy) is 4. The van der Waals surface area contributed by atoms with Gasteiger partial charge in [0, 0.05) is 11.8 Å². The zero-order valence-corrected chi connectivity index (χ0v) is 17.6. The first kappa shape index (κ1) is 21.7. The van der Waals surface area contributed by atoms with Gasteiger partial charge in [-0.05, 0) is 29.8 Å². The number of methoxy groups -OCH3 is 4. The average molecular weight is 473 g/mol. The lowest BCUT2D eigenvalue weighted by Gasteiger charge is -2.11. The Labute approximate surface area is 170 Å². The molecule has 142 valence electrons. The summed E-state index contributed by atoms with van der Waals surface area (Å²) in [6.45, 7) is 0.409. The number of aliphatic imine (C=N–C) groups is 1. The number of nitrogens with zero attached hydrogens (tertiary/aromatic N) is 1. The number of benzene rings is 2. The van der Waals surface area contributed by atoms with Crippen molar-refractivity contribution in [3.05, 3.63) is 42.0 Å². The molecule has 8 heteroatoms. The fourth-order valence-corrected chi connectivity index (χ4v) is 2.26. The highest BCUT2D eigenvalue weighted by atomic mass is 127. The summed E-state index contributed by atoms with van der Waals surface area (Å²) < 4.78 is 21.0. The van der Waals surface area contributed by atoms with E-state index >= 15 is 0 Å². The van der Waals surface area contributed by atoms with Crippen molar-refractivity contribution in [2.24, 2.45) is 10.7 Å². The van der Waals surface area contributed by atoms with E-state index in [4.69, 9.17) is 24.7 Å². The Kier molecular flexibility index (Phi) is 8.83. The van der Waals surface area contributed by atoms with Gasteiger partial charge >= 0.3 is 0 Å². The van der Waals surface area contributed by atoms with Crippen molar-refractivity contribution in [3.8, 4) is 23.0 Å². The van der Waals surface area contributed by atoms with Gasteiger partial charge in [-0.1, -0.05) is 6.07 Å². The molecule has 0 radical (unpaired) electrons. The van der Waals surface area contributed by atoms with Crippen LogP contribution in [0.2, 0.25) is 0 Å². The zero-order chi connectivity index (χ0) is 18.2. The lowest BCUT2D eigenvalue weighted by Crippen LogP contribution is -2.22. The maximum Gasteiger partial charge on any atom is 0.193 e. The molecule has 0 heterocycles. The molecule has 0 unspecified atom stereocenters. The van der Waals surface area contributed by atoms with E-state index in [-0.39, 0.29) is 24.0 Å². The van der Waals surface area contributed by atoms with Gasteiger partial charge in [0.25, 0.3) is 0 Å². The first-order chi connectivity index (χ1) is 12.1. The van der Waals surface area contributed by atoms with Crippen LogP contribution in [-0.4, -0.2) is 34.4 Å². The summed E-state index contributed by atoms with van der Waals surface area (Å²) in [4.78, 5) is 4.33. The van der Waals surface area contributed by atoms with E-state index in [0.29, 0.717) is 35.5 Å². The van der Waals surface area contributed by atoms with Gasteiger partial charge in [0.2, 0.25) is 0 Å². The van der Waals surface area contributed by atoms with E-state index in [1.807, 2.05) is 24.3 Å². The molecule has 2 rings (SSSR count). The van der Waals surface area contributed by atoms with Crippen molar-refractivity contribution in [2.75, 3.05) is 33.8 Å². The highest BCUT2D eigenvalue weighted by Gasteiger charge is 2.06. The second-order valence-electron chi connectivity index (χ2n) is 5.09. The van der Waals surface area contributed by atoms with Crippen LogP contribution in [0.3, 0.4) is 0 Å². The van der Waals surface area contributed by atoms with E-state index in [0.717, 1.165) is 11.3 Å². The Morgan fingerprint density at radius 3 is 1.96 bits per heavy atom. The molecule has 0 aromatic heterocycles. The number of halogens is 1. The first-order valence-electron chi connectivity index (χ1n) is 7.61. The minimum Gasteiger partial charge on any atom is -0.493 e. The van der Waals surface area contributed by atoms with Crippen LogP contribution in [-0.2, 0) is 6.54 Å². The fourth-order valence-electron chi connectivity index (χ4n) is 2.26. The fraction of sp³-hybridized carbons (Fsp3) is 0.278. The van der Waals surface area contributed by atoms with Gasteiger partial charge in [0.1, 0.15) is 0 Å². The summed E-state index contributed by atoms with van der Waals surface area (Å²) in [6, 6.07) is 11.0. The minimum absolute atomic E-state index is 0. The third-order valence-corrected chi connectivity index (χ3v) is 3.54. The van der Waals surface area contributed by atoms with Gasteiger partial charge in [-0.15, -0.1) is 24.0 Å². The number of nitrogens with two attached hydrogens (primary N) is 1. The quantitative estimate of drug-likeness (QED) is 0.365. The van der Waals surface area contributed by atoms with Crippen LogP contribution in [0, 0.1) is 0 Å². The number of rotatable bonds is 7. The van der Waals surface area contributed by atoms with Crippen molar-refractivity contribution in [1.29, 1.82) is 0 Å². The zero-order valence-electron chi connectivity index (χ0n) is 15.2. The smallest absolute Gasteiger partial charge is 0.193 e. The Morgan fingerprint density at radius 2 is 1.38 bits per heavy atom. The van der Waals surface area contributed by atoms with Crippen molar-refractivity contribution < 1.29 is 18.9 Å². The first-order valence-corrected chi connectivity index (χ1v) is 7.61. The van der Waals surface area contributed by atoms with Crippen LogP contribution in [0.1, 0.15) is 5.56 Å². The van der Waals surface area contributed by atoms with Gasteiger partial charge < -0.3 is 30.0 Å². The van der Waals surface area contributed by atoms with Crippen molar-refractivity contribution >= 4 is 35.6 Å². The Balaban J connectivity index is 0.00000338. The van der Waals surface area contributed by atoms with Crippen LogP contribution in [0.4, 0.5) is 5.69 Å². The molecule has 0 aliphatic rings. The second-order valence-corrected chi connectivity index (χ2v) is 5.09.